The van der Waals surface area contributed by atoms with E-state index in [1.165, 1.54) is 9.78 Å². The Morgan fingerprint density at radius 2 is 2.17 bits per heavy atom. The quantitative estimate of drug-likeness (QED) is 0.850. The van der Waals surface area contributed by atoms with Gasteiger partial charge in [0.2, 0.25) is 0 Å². The van der Waals surface area contributed by atoms with Crippen LogP contribution in [0.1, 0.15) is 25.6 Å². The largest absolute Gasteiger partial charge is 0.325 e. The van der Waals surface area contributed by atoms with Gasteiger partial charge in [0.15, 0.2) is 0 Å². The van der Waals surface area contributed by atoms with Crippen LogP contribution in [0.25, 0.3) is 0 Å². The topological polar surface area (TPSA) is 49.4 Å². The molecule has 1 aliphatic heterocycles. The van der Waals surface area contributed by atoms with E-state index in [0.717, 1.165) is 6.42 Å². The van der Waals surface area contributed by atoms with Crippen molar-refractivity contribution in [1.29, 1.82) is 0 Å². The van der Waals surface area contributed by atoms with Crippen molar-refractivity contribution in [3.63, 3.8) is 0 Å². The highest BCUT2D eigenvalue weighted by molar-refractivity contribution is 7.09. The van der Waals surface area contributed by atoms with E-state index in [-0.39, 0.29) is 17.9 Å². The van der Waals surface area contributed by atoms with Crippen LogP contribution in [0.5, 0.6) is 0 Å². The molecule has 1 atom stereocenters. The van der Waals surface area contributed by atoms with Gasteiger partial charge in [-0.25, -0.2) is 4.79 Å². The molecule has 0 unspecified atom stereocenters. The Bertz CT molecular complexity index is 456. The van der Waals surface area contributed by atoms with Crippen molar-refractivity contribution in [2.24, 2.45) is 5.92 Å². The minimum absolute atomic E-state index is 0.0840. The second-order valence-corrected chi connectivity index (χ2v) is 6.11. The van der Waals surface area contributed by atoms with E-state index in [1.54, 1.807) is 18.3 Å². The number of rotatable bonds is 4. The number of nitrogens with zero attached hydrogens (tertiary/aromatic N) is 1. The number of hydrogen-bond donors (Lipinski definition) is 1. The summed E-state index contributed by atoms with van der Waals surface area (Å²) in [6.45, 7) is 6.14. The van der Waals surface area contributed by atoms with Crippen molar-refractivity contribution in [2.45, 2.75) is 32.7 Å². The minimum Gasteiger partial charge on any atom is -0.323 e. The van der Waals surface area contributed by atoms with Crippen molar-refractivity contribution < 1.29 is 9.59 Å². The third kappa shape index (κ3) is 2.14. The predicted molar refractivity (Wildman–Crippen MR) is 71.5 cm³/mol. The van der Waals surface area contributed by atoms with E-state index in [9.17, 15) is 9.59 Å². The first-order valence-corrected chi connectivity index (χ1v) is 6.99. The Morgan fingerprint density at radius 3 is 2.67 bits per heavy atom. The molecule has 2 rings (SSSR count). The fourth-order valence-corrected chi connectivity index (χ4v) is 2.69. The summed E-state index contributed by atoms with van der Waals surface area (Å²) in [4.78, 5) is 26.7. The lowest BCUT2D eigenvalue weighted by Gasteiger charge is -2.25. The number of thiophene rings is 1. The molecule has 5 heteroatoms. The van der Waals surface area contributed by atoms with Crippen LogP contribution in [0, 0.1) is 5.92 Å². The zero-order valence-electron chi connectivity index (χ0n) is 10.9. The van der Waals surface area contributed by atoms with E-state index < -0.39 is 5.54 Å². The van der Waals surface area contributed by atoms with Gasteiger partial charge in [0.05, 0.1) is 0 Å². The monoisotopic (exact) mass is 266 g/mol. The van der Waals surface area contributed by atoms with Crippen LogP contribution < -0.4 is 5.32 Å². The van der Waals surface area contributed by atoms with Crippen molar-refractivity contribution >= 4 is 23.3 Å². The standard InChI is InChI=1S/C13H18N2O2S/c1-9(2)13(3)11(16)15(12(17)14-13)7-6-10-5-4-8-18-10/h4-5,8-9H,6-7H2,1-3H3,(H,14,17)/t13-/m1/s1. The van der Waals surface area contributed by atoms with Crippen molar-refractivity contribution in [1.82, 2.24) is 10.2 Å². The molecule has 0 bridgehead atoms. The molecular formula is C13H18N2O2S. The Balaban J connectivity index is 2.06. The van der Waals surface area contributed by atoms with Gasteiger partial charge < -0.3 is 5.32 Å². The van der Waals surface area contributed by atoms with Gasteiger partial charge >= 0.3 is 6.03 Å². The van der Waals surface area contributed by atoms with E-state index in [1.807, 2.05) is 31.4 Å². The molecule has 0 aliphatic carbocycles. The van der Waals surface area contributed by atoms with Gasteiger partial charge in [-0.3, -0.25) is 9.69 Å². The Kier molecular flexibility index (Phi) is 3.43. The van der Waals surface area contributed by atoms with Crippen molar-refractivity contribution in [3.05, 3.63) is 22.4 Å². The first kappa shape index (κ1) is 13.1. The molecule has 0 saturated carbocycles. The Hall–Kier alpha value is -1.36. The SMILES string of the molecule is CC(C)[C@@]1(C)NC(=O)N(CCc2cccs2)C1=O. The van der Waals surface area contributed by atoms with Crippen LogP contribution in [0.3, 0.4) is 0 Å². The molecular weight excluding hydrogens is 248 g/mol. The van der Waals surface area contributed by atoms with Gasteiger partial charge in [-0.05, 0) is 30.7 Å². The van der Waals surface area contributed by atoms with Crippen LogP contribution in [0.4, 0.5) is 4.79 Å². The molecule has 1 aromatic rings. The van der Waals surface area contributed by atoms with E-state index in [2.05, 4.69) is 5.32 Å². The highest BCUT2D eigenvalue weighted by Crippen LogP contribution is 2.25. The van der Waals surface area contributed by atoms with Crippen LogP contribution in [-0.4, -0.2) is 28.9 Å². The number of nitrogens with one attached hydrogen (secondary N) is 1. The van der Waals surface area contributed by atoms with Crippen molar-refractivity contribution in [3.8, 4) is 0 Å². The molecule has 1 aromatic heterocycles. The van der Waals surface area contributed by atoms with Crippen LogP contribution in [0.15, 0.2) is 17.5 Å². The summed E-state index contributed by atoms with van der Waals surface area (Å²) in [5.74, 6) is -0.0280. The van der Waals surface area contributed by atoms with Gasteiger partial charge in [-0.1, -0.05) is 19.9 Å². The fourth-order valence-electron chi connectivity index (χ4n) is 1.99. The van der Waals surface area contributed by atoms with E-state index in [0.29, 0.717) is 6.54 Å². The lowest BCUT2D eigenvalue weighted by atomic mass is 9.88. The zero-order valence-corrected chi connectivity index (χ0v) is 11.7. The molecule has 1 saturated heterocycles. The van der Waals surface area contributed by atoms with Crippen molar-refractivity contribution in [2.75, 3.05) is 6.54 Å². The molecule has 0 radical (unpaired) electrons. The van der Waals surface area contributed by atoms with Crippen LogP contribution in [0.2, 0.25) is 0 Å². The maximum absolute atomic E-state index is 12.3. The molecule has 2 heterocycles. The molecule has 18 heavy (non-hydrogen) atoms. The maximum atomic E-state index is 12.3. The van der Waals surface area contributed by atoms with Gasteiger partial charge in [0, 0.05) is 11.4 Å². The lowest BCUT2D eigenvalue weighted by molar-refractivity contribution is -0.132. The third-order valence-electron chi connectivity index (χ3n) is 3.62. The minimum atomic E-state index is -0.757. The average molecular weight is 266 g/mol. The summed E-state index contributed by atoms with van der Waals surface area (Å²) in [5, 5.41) is 4.80. The van der Waals surface area contributed by atoms with E-state index in [4.69, 9.17) is 0 Å². The third-order valence-corrected chi connectivity index (χ3v) is 4.55. The highest BCUT2D eigenvalue weighted by Gasteiger charge is 2.49. The number of amides is 3. The Labute approximate surface area is 111 Å². The molecule has 1 fully saturated rings. The summed E-state index contributed by atoms with van der Waals surface area (Å²) >= 11 is 1.65. The summed E-state index contributed by atoms with van der Waals surface area (Å²) < 4.78 is 0. The molecule has 1 N–H and O–H groups in total. The number of urea groups is 1. The van der Waals surface area contributed by atoms with E-state index >= 15 is 0 Å². The fraction of sp³-hybridized carbons (Fsp3) is 0.538. The summed E-state index contributed by atoms with van der Waals surface area (Å²) in [6.07, 6.45) is 0.727. The summed E-state index contributed by atoms with van der Waals surface area (Å²) in [7, 11) is 0. The van der Waals surface area contributed by atoms with Gasteiger partial charge in [0.1, 0.15) is 5.54 Å². The number of carbonyl (C=O) groups is 2. The number of hydrogen-bond acceptors (Lipinski definition) is 3. The zero-order chi connectivity index (χ0) is 13.3. The first-order chi connectivity index (χ1) is 8.45. The number of imide groups is 1. The molecule has 0 spiro atoms. The Morgan fingerprint density at radius 1 is 1.44 bits per heavy atom. The smallest absolute Gasteiger partial charge is 0.323 e. The van der Waals surface area contributed by atoms with Crippen LogP contribution in [-0.2, 0) is 11.2 Å². The summed E-state index contributed by atoms with van der Waals surface area (Å²) in [6, 6.07) is 3.72. The first-order valence-electron chi connectivity index (χ1n) is 6.11. The molecule has 98 valence electrons. The second-order valence-electron chi connectivity index (χ2n) is 5.07. The molecule has 4 nitrogen and oxygen atoms in total. The highest BCUT2D eigenvalue weighted by atomic mass is 32.1. The second kappa shape index (κ2) is 4.72. The molecule has 3 amide bonds. The molecule has 1 aliphatic rings. The maximum Gasteiger partial charge on any atom is 0.325 e. The average Bonchev–Trinajstić information content (AvgIpc) is 2.87. The molecule has 0 aromatic carbocycles. The summed E-state index contributed by atoms with van der Waals surface area (Å²) in [5.41, 5.74) is -0.757. The van der Waals surface area contributed by atoms with Gasteiger partial charge in [0.25, 0.3) is 5.91 Å². The number of carbonyl (C=O) groups excluding carboxylic acids is 2. The lowest BCUT2D eigenvalue weighted by Crippen LogP contribution is -2.48. The normalized spacial score (nSPS) is 23.9. The predicted octanol–water partition coefficient (Wildman–Crippen LogP) is 2.26. The van der Waals surface area contributed by atoms with Gasteiger partial charge in [-0.2, -0.15) is 0 Å². The van der Waals surface area contributed by atoms with Gasteiger partial charge in [-0.15, -0.1) is 11.3 Å². The van der Waals surface area contributed by atoms with Crippen LogP contribution >= 0.6 is 11.3 Å².